The fourth-order valence-corrected chi connectivity index (χ4v) is 4.52. The first-order chi connectivity index (χ1) is 17.8. The Hall–Kier alpha value is -4.14. The van der Waals surface area contributed by atoms with E-state index in [0.717, 1.165) is 11.1 Å². The molecule has 4 aromatic carbocycles. The maximum absolute atomic E-state index is 12.7. The van der Waals surface area contributed by atoms with E-state index in [9.17, 15) is 13.2 Å². The van der Waals surface area contributed by atoms with Gasteiger partial charge in [-0.25, -0.2) is 13.8 Å². The van der Waals surface area contributed by atoms with Crippen molar-refractivity contribution in [2.75, 3.05) is 4.72 Å². The summed E-state index contributed by atoms with van der Waals surface area (Å²) >= 11 is 5.84. The van der Waals surface area contributed by atoms with Gasteiger partial charge in [0.1, 0.15) is 12.4 Å². The van der Waals surface area contributed by atoms with Crippen molar-refractivity contribution in [3.8, 4) is 5.75 Å². The van der Waals surface area contributed by atoms with Crippen LogP contribution >= 0.6 is 11.6 Å². The average Bonchev–Trinajstić information content (AvgIpc) is 2.89. The van der Waals surface area contributed by atoms with Crippen molar-refractivity contribution in [3.63, 3.8) is 0 Å². The van der Waals surface area contributed by atoms with Crippen molar-refractivity contribution < 1.29 is 17.9 Å². The third kappa shape index (κ3) is 7.19. The Morgan fingerprint density at radius 2 is 1.59 bits per heavy atom. The van der Waals surface area contributed by atoms with Gasteiger partial charge in [-0.3, -0.25) is 9.52 Å². The maximum Gasteiger partial charge on any atom is 0.273 e. The van der Waals surface area contributed by atoms with Crippen LogP contribution in [0.5, 0.6) is 5.75 Å². The predicted molar refractivity (Wildman–Crippen MR) is 146 cm³/mol. The minimum Gasteiger partial charge on any atom is -0.489 e. The Morgan fingerprint density at radius 1 is 0.919 bits per heavy atom. The number of carbonyl (C=O) groups is 1. The molecule has 0 aliphatic rings. The van der Waals surface area contributed by atoms with Crippen molar-refractivity contribution in [2.45, 2.75) is 18.4 Å². The van der Waals surface area contributed by atoms with Crippen molar-refractivity contribution >= 4 is 39.4 Å². The molecule has 0 fully saturated rings. The Morgan fingerprint density at radius 3 is 2.30 bits per heavy atom. The van der Waals surface area contributed by atoms with Gasteiger partial charge in [0.2, 0.25) is 0 Å². The van der Waals surface area contributed by atoms with Crippen LogP contribution in [0.15, 0.2) is 107 Å². The molecule has 4 aromatic rings. The van der Waals surface area contributed by atoms with Crippen LogP contribution in [-0.2, 0) is 16.6 Å². The van der Waals surface area contributed by atoms with Crippen molar-refractivity contribution in [2.24, 2.45) is 5.10 Å². The molecule has 188 valence electrons. The first-order valence-electron chi connectivity index (χ1n) is 11.3. The Kier molecular flexibility index (Phi) is 8.22. The molecule has 9 heteroatoms. The number of halogens is 1. The highest BCUT2D eigenvalue weighted by Gasteiger charge is 2.18. The number of ether oxygens (including phenoxy) is 1. The van der Waals surface area contributed by atoms with Gasteiger partial charge in [0.05, 0.1) is 22.4 Å². The summed E-state index contributed by atoms with van der Waals surface area (Å²) in [4.78, 5) is 12.7. The highest BCUT2D eigenvalue weighted by molar-refractivity contribution is 7.92. The predicted octanol–water partition coefficient (Wildman–Crippen LogP) is 5.79. The van der Waals surface area contributed by atoms with Crippen LogP contribution in [0, 0.1) is 6.92 Å². The van der Waals surface area contributed by atoms with Crippen LogP contribution in [0.2, 0.25) is 5.02 Å². The second-order valence-electron chi connectivity index (χ2n) is 8.15. The van der Waals surface area contributed by atoms with Gasteiger partial charge < -0.3 is 4.74 Å². The molecule has 0 aliphatic carbocycles. The zero-order valence-electron chi connectivity index (χ0n) is 19.9. The number of aryl methyl sites for hydroxylation is 1. The zero-order valence-corrected chi connectivity index (χ0v) is 21.5. The molecule has 0 saturated carbocycles. The standard InChI is InChI=1S/C28H24ClN3O4S/c1-20-6-8-22(9-7-20)19-36-24-14-10-21(11-15-24)18-30-31-28(33)26-4-2-3-5-27(26)32-37(34,35)25-16-12-23(29)13-17-25/h2-18,32H,19H2,1H3,(H,31,33). The van der Waals surface area contributed by atoms with Crippen LogP contribution < -0.4 is 14.9 Å². The van der Waals surface area contributed by atoms with Gasteiger partial charge in [-0.2, -0.15) is 5.10 Å². The number of para-hydroxylation sites is 1. The number of hydrogen-bond donors (Lipinski definition) is 2. The van der Waals surface area contributed by atoms with Gasteiger partial charge >= 0.3 is 0 Å². The largest absolute Gasteiger partial charge is 0.489 e. The van der Waals surface area contributed by atoms with Crippen LogP contribution in [0.3, 0.4) is 0 Å². The summed E-state index contributed by atoms with van der Waals surface area (Å²) in [6, 6.07) is 27.4. The van der Waals surface area contributed by atoms with E-state index >= 15 is 0 Å². The lowest BCUT2D eigenvalue weighted by atomic mass is 10.2. The number of benzene rings is 4. The Bertz CT molecular complexity index is 1500. The third-order valence-electron chi connectivity index (χ3n) is 5.33. The summed E-state index contributed by atoms with van der Waals surface area (Å²) in [5.74, 6) is 0.146. The monoisotopic (exact) mass is 533 g/mol. The van der Waals surface area contributed by atoms with E-state index in [1.165, 1.54) is 48.2 Å². The van der Waals surface area contributed by atoms with Crippen molar-refractivity contribution in [3.05, 3.63) is 124 Å². The van der Waals surface area contributed by atoms with E-state index in [1.54, 1.807) is 12.1 Å². The number of nitrogens with one attached hydrogen (secondary N) is 2. The molecule has 4 rings (SSSR count). The first-order valence-corrected chi connectivity index (χ1v) is 13.2. The maximum atomic E-state index is 12.7. The van der Waals surface area contributed by atoms with Crippen LogP contribution in [0.1, 0.15) is 27.0 Å². The molecule has 2 N–H and O–H groups in total. The van der Waals surface area contributed by atoms with Gasteiger partial charge in [0.15, 0.2) is 0 Å². The summed E-state index contributed by atoms with van der Waals surface area (Å²) in [6.45, 7) is 2.50. The zero-order chi connectivity index (χ0) is 26.3. The molecule has 0 atom stereocenters. The molecule has 0 unspecified atom stereocenters. The van der Waals surface area contributed by atoms with Gasteiger partial charge in [0.25, 0.3) is 15.9 Å². The van der Waals surface area contributed by atoms with Crippen molar-refractivity contribution in [1.29, 1.82) is 0 Å². The highest BCUT2D eigenvalue weighted by atomic mass is 35.5. The molecule has 0 spiro atoms. The van der Waals surface area contributed by atoms with E-state index in [4.69, 9.17) is 16.3 Å². The van der Waals surface area contributed by atoms with Crippen LogP contribution in [0.4, 0.5) is 5.69 Å². The Balaban J connectivity index is 1.36. The normalized spacial score (nSPS) is 11.3. The number of sulfonamides is 1. The lowest BCUT2D eigenvalue weighted by molar-refractivity contribution is 0.0956. The lowest BCUT2D eigenvalue weighted by Crippen LogP contribution is -2.21. The number of carbonyl (C=O) groups excluding carboxylic acids is 1. The van der Waals surface area contributed by atoms with E-state index in [2.05, 4.69) is 15.2 Å². The number of nitrogens with zero attached hydrogens (tertiary/aromatic N) is 1. The first kappa shape index (κ1) is 25.9. The summed E-state index contributed by atoms with van der Waals surface area (Å²) in [5.41, 5.74) is 5.71. The summed E-state index contributed by atoms with van der Waals surface area (Å²) in [6.07, 6.45) is 1.49. The summed E-state index contributed by atoms with van der Waals surface area (Å²) < 4.78 is 33.7. The molecule has 0 saturated heterocycles. The molecule has 0 aromatic heterocycles. The molecule has 37 heavy (non-hydrogen) atoms. The molecule has 0 aliphatic heterocycles. The van der Waals surface area contributed by atoms with E-state index < -0.39 is 15.9 Å². The topological polar surface area (TPSA) is 96.9 Å². The minimum atomic E-state index is -3.92. The fourth-order valence-electron chi connectivity index (χ4n) is 3.31. The second kappa shape index (κ2) is 11.7. The number of hydrogen-bond acceptors (Lipinski definition) is 5. The Labute approximate surface area is 220 Å². The third-order valence-corrected chi connectivity index (χ3v) is 6.96. The van der Waals surface area contributed by atoms with E-state index in [-0.39, 0.29) is 16.1 Å². The number of hydrazone groups is 1. The molecular formula is C28H24ClN3O4S. The van der Waals surface area contributed by atoms with E-state index in [1.807, 2.05) is 55.5 Å². The summed E-state index contributed by atoms with van der Waals surface area (Å²) in [7, 11) is -3.92. The van der Waals surface area contributed by atoms with Crippen LogP contribution in [0.25, 0.3) is 0 Å². The molecular weight excluding hydrogens is 510 g/mol. The molecule has 1 amide bonds. The van der Waals surface area contributed by atoms with Gasteiger partial charge in [-0.05, 0) is 78.7 Å². The van der Waals surface area contributed by atoms with Gasteiger partial charge in [-0.1, -0.05) is 53.6 Å². The highest BCUT2D eigenvalue weighted by Crippen LogP contribution is 2.21. The molecule has 7 nitrogen and oxygen atoms in total. The minimum absolute atomic E-state index is 0.0245. The van der Waals surface area contributed by atoms with Crippen molar-refractivity contribution in [1.82, 2.24) is 5.43 Å². The number of anilines is 1. The fraction of sp³-hybridized carbons (Fsp3) is 0.0714. The SMILES string of the molecule is Cc1ccc(COc2ccc(C=NNC(=O)c3ccccc3NS(=O)(=O)c3ccc(Cl)cc3)cc2)cc1. The molecule has 0 radical (unpaired) electrons. The quantitative estimate of drug-likeness (QED) is 0.210. The van der Waals surface area contributed by atoms with E-state index in [0.29, 0.717) is 17.4 Å². The molecule has 0 heterocycles. The number of amides is 1. The lowest BCUT2D eigenvalue weighted by Gasteiger charge is -2.11. The average molecular weight is 534 g/mol. The second-order valence-corrected chi connectivity index (χ2v) is 10.3. The van der Waals surface area contributed by atoms with Gasteiger partial charge in [0, 0.05) is 5.02 Å². The smallest absolute Gasteiger partial charge is 0.273 e. The molecule has 0 bridgehead atoms. The van der Waals surface area contributed by atoms with Gasteiger partial charge in [-0.15, -0.1) is 0 Å². The number of rotatable bonds is 9. The van der Waals surface area contributed by atoms with Crippen LogP contribution in [-0.4, -0.2) is 20.5 Å². The summed E-state index contributed by atoms with van der Waals surface area (Å²) in [5, 5.41) is 4.42.